The van der Waals surface area contributed by atoms with Crippen LogP contribution in [0, 0.1) is 5.41 Å². The van der Waals surface area contributed by atoms with Gasteiger partial charge in [0.1, 0.15) is 22.3 Å². The summed E-state index contributed by atoms with van der Waals surface area (Å²) in [5, 5.41) is 17.6. The van der Waals surface area contributed by atoms with Gasteiger partial charge in [-0.05, 0) is 43.2 Å². The maximum Gasteiger partial charge on any atom is 0.202 e. The Hall–Kier alpha value is -2.49. The SMILES string of the molecule is Nc1cc(-c2[nH]nc3nc(N4CCC5(CC4)CC(O)CC5N)cnc23)cc(Cl)n1. The van der Waals surface area contributed by atoms with Crippen LogP contribution in [-0.2, 0) is 0 Å². The van der Waals surface area contributed by atoms with Gasteiger partial charge in [0.15, 0.2) is 0 Å². The summed E-state index contributed by atoms with van der Waals surface area (Å²) in [4.78, 5) is 15.5. The molecule has 5 rings (SSSR count). The Labute approximate surface area is 172 Å². The van der Waals surface area contributed by atoms with E-state index in [1.54, 1.807) is 18.3 Å². The minimum absolute atomic E-state index is 0.0491. The van der Waals surface area contributed by atoms with E-state index in [0.717, 1.165) is 43.7 Å². The zero-order valence-corrected chi connectivity index (χ0v) is 16.6. The van der Waals surface area contributed by atoms with Gasteiger partial charge in [0.05, 0.1) is 18.0 Å². The number of anilines is 2. The minimum atomic E-state index is -0.272. The number of aromatic amines is 1. The highest BCUT2D eigenvalue weighted by atomic mass is 35.5. The van der Waals surface area contributed by atoms with Crippen LogP contribution in [0.5, 0.6) is 0 Å². The van der Waals surface area contributed by atoms with Crippen LogP contribution in [0.25, 0.3) is 22.4 Å². The van der Waals surface area contributed by atoms with E-state index in [1.807, 2.05) is 0 Å². The number of piperidine rings is 1. The first kappa shape index (κ1) is 18.5. The number of hydrogen-bond acceptors (Lipinski definition) is 8. The van der Waals surface area contributed by atoms with Crippen molar-refractivity contribution >= 4 is 34.4 Å². The second kappa shape index (κ2) is 6.79. The van der Waals surface area contributed by atoms with Gasteiger partial charge >= 0.3 is 0 Å². The van der Waals surface area contributed by atoms with Crippen LogP contribution in [0.3, 0.4) is 0 Å². The number of aliphatic hydroxyl groups excluding tert-OH is 1. The van der Waals surface area contributed by atoms with Crippen molar-refractivity contribution in [1.82, 2.24) is 25.1 Å². The van der Waals surface area contributed by atoms with Gasteiger partial charge in [-0.2, -0.15) is 5.10 Å². The third kappa shape index (κ3) is 3.19. The molecule has 9 nitrogen and oxygen atoms in total. The van der Waals surface area contributed by atoms with Crippen molar-refractivity contribution in [2.45, 2.75) is 37.8 Å². The number of hydrogen-bond donors (Lipinski definition) is 4. The third-order valence-corrected chi connectivity index (χ3v) is 6.59. The summed E-state index contributed by atoms with van der Waals surface area (Å²) in [5.41, 5.74) is 14.8. The average molecular weight is 415 g/mol. The predicted octanol–water partition coefficient (Wildman–Crippen LogP) is 1.72. The molecule has 0 radical (unpaired) electrons. The molecule has 0 aromatic carbocycles. The summed E-state index contributed by atoms with van der Waals surface area (Å²) in [6.07, 6.45) is 4.90. The van der Waals surface area contributed by atoms with Gasteiger partial charge in [-0.25, -0.2) is 15.0 Å². The second-order valence-corrected chi connectivity index (χ2v) is 8.54. The molecule has 152 valence electrons. The molecule has 3 aromatic rings. The number of rotatable bonds is 2. The maximum atomic E-state index is 10.0. The highest BCUT2D eigenvalue weighted by molar-refractivity contribution is 6.29. The molecule has 2 fully saturated rings. The number of aliphatic hydroxyl groups is 1. The zero-order chi connectivity index (χ0) is 20.2. The fourth-order valence-electron chi connectivity index (χ4n) is 4.80. The zero-order valence-electron chi connectivity index (χ0n) is 15.8. The lowest BCUT2D eigenvalue weighted by Crippen LogP contribution is -2.47. The Morgan fingerprint density at radius 2 is 2.03 bits per heavy atom. The molecular formula is C19H23ClN8O. The molecule has 2 unspecified atom stereocenters. The summed E-state index contributed by atoms with van der Waals surface area (Å²) in [6, 6.07) is 3.50. The van der Waals surface area contributed by atoms with Crippen LogP contribution < -0.4 is 16.4 Å². The number of nitrogens with zero attached hydrogens (tertiary/aromatic N) is 5. The van der Waals surface area contributed by atoms with Gasteiger partial charge in [0.2, 0.25) is 5.65 Å². The van der Waals surface area contributed by atoms with Crippen molar-refractivity contribution < 1.29 is 5.11 Å². The van der Waals surface area contributed by atoms with E-state index in [4.69, 9.17) is 28.1 Å². The fraction of sp³-hybridized carbons (Fsp3) is 0.474. The Kier molecular flexibility index (Phi) is 4.34. The van der Waals surface area contributed by atoms with Crippen molar-refractivity contribution in [3.05, 3.63) is 23.5 Å². The first-order valence-corrected chi connectivity index (χ1v) is 10.1. The normalized spacial score (nSPS) is 23.9. The third-order valence-electron chi connectivity index (χ3n) is 6.39. The van der Waals surface area contributed by atoms with E-state index in [2.05, 4.69) is 25.1 Å². The second-order valence-electron chi connectivity index (χ2n) is 8.15. The quantitative estimate of drug-likeness (QED) is 0.464. The van der Waals surface area contributed by atoms with Gasteiger partial charge in [-0.3, -0.25) is 5.10 Å². The van der Waals surface area contributed by atoms with E-state index in [1.165, 1.54) is 0 Å². The first-order valence-electron chi connectivity index (χ1n) is 9.77. The highest BCUT2D eigenvalue weighted by Gasteiger charge is 2.46. The molecule has 0 bridgehead atoms. The molecule has 1 spiro atoms. The minimum Gasteiger partial charge on any atom is -0.393 e. The largest absolute Gasteiger partial charge is 0.393 e. The van der Waals surface area contributed by atoms with Gasteiger partial charge in [-0.15, -0.1) is 0 Å². The molecule has 6 N–H and O–H groups in total. The van der Waals surface area contributed by atoms with Gasteiger partial charge < -0.3 is 21.5 Å². The van der Waals surface area contributed by atoms with Crippen molar-refractivity contribution in [2.24, 2.45) is 11.1 Å². The highest BCUT2D eigenvalue weighted by Crippen LogP contribution is 2.46. The van der Waals surface area contributed by atoms with Crippen LogP contribution in [-0.4, -0.2) is 55.5 Å². The van der Waals surface area contributed by atoms with Crippen LogP contribution in [0.1, 0.15) is 25.7 Å². The van der Waals surface area contributed by atoms with Crippen LogP contribution >= 0.6 is 11.6 Å². The molecule has 29 heavy (non-hydrogen) atoms. The lowest BCUT2D eigenvalue weighted by Gasteiger charge is -2.42. The summed E-state index contributed by atoms with van der Waals surface area (Å²) in [6.45, 7) is 1.68. The number of aromatic nitrogens is 5. The molecular weight excluding hydrogens is 392 g/mol. The molecule has 10 heteroatoms. The maximum absolute atomic E-state index is 10.0. The van der Waals surface area contributed by atoms with Crippen molar-refractivity contribution in [3.63, 3.8) is 0 Å². The molecule has 4 heterocycles. The molecule has 1 aliphatic heterocycles. The molecule has 2 aliphatic rings. The number of halogens is 1. The summed E-state index contributed by atoms with van der Waals surface area (Å²) in [5.74, 6) is 1.13. The molecule has 2 atom stereocenters. The van der Waals surface area contributed by atoms with Crippen molar-refractivity contribution in [3.8, 4) is 11.3 Å². The number of pyridine rings is 1. The van der Waals surface area contributed by atoms with Crippen LogP contribution in [0.2, 0.25) is 5.15 Å². The number of H-pyrrole nitrogens is 1. The molecule has 0 amide bonds. The van der Waals surface area contributed by atoms with Gasteiger partial charge in [0.25, 0.3) is 0 Å². The van der Waals surface area contributed by atoms with E-state index >= 15 is 0 Å². The Balaban J connectivity index is 1.39. The van der Waals surface area contributed by atoms with Crippen LogP contribution in [0.15, 0.2) is 18.3 Å². The Bertz CT molecular complexity index is 1040. The standard InChI is InChI=1S/C19H23ClN8O/c20-13-5-10(6-14(22)24-13)16-17-18(27-26-16)25-15(9-23-17)28-3-1-19(2-4-28)8-11(29)7-12(19)21/h5-6,9,11-12,29H,1-4,7-8,21H2,(H2,22,24)(H,25,26,27). The number of nitrogens with one attached hydrogen (secondary N) is 1. The van der Waals surface area contributed by atoms with Crippen LogP contribution in [0.4, 0.5) is 11.6 Å². The Morgan fingerprint density at radius 1 is 1.24 bits per heavy atom. The molecule has 1 saturated heterocycles. The van der Waals surface area contributed by atoms with Crippen molar-refractivity contribution in [1.29, 1.82) is 0 Å². The number of nitrogens with two attached hydrogens (primary N) is 2. The number of fused-ring (bicyclic) bond motifs is 1. The summed E-state index contributed by atoms with van der Waals surface area (Å²) >= 11 is 6.02. The average Bonchev–Trinajstić information content (AvgIpc) is 3.22. The topological polar surface area (TPSA) is 143 Å². The van der Waals surface area contributed by atoms with Crippen molar-refractivity contribution in [2.75, 3.05) is 23.7 Å². The van der Waals surface area contributed by atoms with E-state index in [-0.39, 0.29) is 17.6 Å². The van der Waals surface area contributed by atoms with E-state index in [0.29, 0.717) is 34.2 Å². The van der Waals surface area contributed by atoms with E-state index in [9.17, 15) is 5.11 Å². The number of nitrogen functional groups attached to an aromatic ring is 1. The van der Waals surface area contributed by atoms with E-state index < -0.39 is 0 Å². The smallest absolute Gasteiger partial charge is 0.202 e. The lowest BCUT2D eigenvalue weighted by molar-refractivity contribution is 0.141. The van der Waals surface area contributed by atoms with Gasteiger partial charge in [0, 0.05) is 24.7 Å². The lowest BCUT2D eigenvalue weighted by atomic mass is 9.74. The van der Waals surface area contributed by atoms with Gasteiger partial charge in [-0.1, -0.05) is 11.6 Å². The molecule has 1 saturated carbocycles. The Morgan fingerprint density at radius 3 is 2.72 bits per heavy atom. The molecule has 3 aromatic heterocycles. The monoisotopic (exact) mass is 414 g/mol. The summed E-state index contributed by atoms with van der Waals surface area (Å²) in [7, 11) is 0. The fourth-order valence-corrected chi connectivity index (χ4v) is 5.02. The molecule has 1 aliphatic carbocycles. The first-order chi connectivity index (χ1) is 13.9. The summed E-state index contributed by atoms with van der Waals surface area (Å²) < 4.78 is 0. The predicted molar refractivity (Wildman–Crippen MR) is 111 cm³/mol.